The molecule has 106 valence electrons. The van der Waals surface area contributed by atoms with Gasteiger partial charge in [-0.25, -0.2) is 4.98 Å². The van der Waals surface area contributed by atoms with E-state index in [1.165, 1.54) is 0 Å². The van der Waals surface area contributed by atoms with E-state index >= 15 is 0 Å². The molecular weight excluding hydrogens is 250 g/mol. The second kappa shape index (κ2) is 5.77. The molecule has 1 aromatic heterocycles. The van der Waals surface area contributed by atoms with Gasteiger partial charge in [-0.15, -0.1) is 0 Å². The van der Waals surface area contributed by atoms with Gasteiger partial charge in [0.1, 0.15) is 5.82 Å². The van der Waals surface area contributed by atoms with Crippen LogP contribution in [0.4, 0.5) is 0 Å². The molecule has 2 aromatic rings. The Balaban J connectivity index is 1.61. The number of benzene rings is 1. The SMILES string of the molecule is CC(CN1CCn2ccnc2C1)C(O)c1ccccc1. The first-order chi connectivity index (χ1) is 9.74. The fraction of sp³-hybridized carbons (Fsp3) is 0.438. The first-order valence-electron chi connectivity index (χ1n) is 7.19. The first-order valence-corrected chi connectivity index (χ1v) is 7.19. The molecule has 20 heavy (non-hydrogen) atoms. The molecule has 4 nitrogen and oxygen atoms in total. The lowest BCUT2D eigenvalue weighted by Gasteiger charge is -2.31. The Kier molecular flexibility index (Phi) is 3.85. The number of aliphatic hydroxyl groups is 1. The van der Waals surface area contributed by atoms with E-state index in [1.54, 1.807) is 0 Å². The molecule has 4 heteroatoms. The standard InChI is InChI=1S/C16H21N3O/c1-13(16(20)14-5-3-2-4-6-14)11-18-9-10-19-8-7-17-15(19)12-18/h2-8,13,16,20H,9-12H2,1H3. The summed E-state index contributed by atoms with van der Waals surface area (Å²) in [6.07, 6.45) is 3.49. The zero-order chi connectivity index (χ0) is 13.9. The Labute approximate surface area is 119 Å². The molecule has 0 saturated carbocycles. The summed E-state index contributed by atoms with van der Waals surface area (Å²) in [6.45, 7) is 5.89. The van der Waals surface area contributed by atoms with Gasteiger partial charge in [-0.1, -0.05) is 37.3 Å². The Bertz CT molecular complexity index is 552. The van der Waals surface area contributed by atoms with Crippen molar-refractivity contribution < 1.29 is 5.11 Å². The third-order valence-electron chi connectivity index (χ3n) is 4.05. The predicted molar refractivity (Wildman–Crippen MR) is 78.1 cm³/mol. The van der Waals surface area contributed by atoms with Crippen molar-refractivity contribution in [2.45, 2.75) is 26.1 Å². The number of hydrogen-bond acceptors (Lipinski definition) is 3. The van der Waals surface area contributed by atoms with Crippen LogP contribution < -0.4 is 0 Å². The molecule has 2 unspecified atom stereocenters. The van der Waals surface area contributed by atoms with Gasteiger partial charge in [-0.05, 0) is 11.5 Å². The third-order valence-corrected chi connectivity index (χ3v) is 4.05. The number of rotatable bonds is 4. The Morgan fingerprint density at radius 1 is 1.25 bits per heavy atom. The highest BCUT2D eigenvalue weighted by molar-refractivity contribution is 5.17. The molecule has 1 aliphatic heterocycles. The maximum Gasteiger partial charge on any atom is 0.122 e. The minimum absolute atomic E-state index is 0.207. The summed E-state index contributed by atoms with van der Waals surface area (Å²) in [5.74, 6) is 1.33. The van der Waals surface area contributed by atoms with Crippen LogP contribution in [0.3, 0.4) is 0 Å². The lowest BCUT2D eigenvalue weighted by atomic mass is 9.97. The average Bonchev–Trinajstić information content (AvgIpc) is 2.95. The fourth-order valence-corrected chi connectivity index (χ4v) is 2.87. The van der Waals surface area contributed by atoms with Gasteiger partial charge < -0.3 is 9.67 Å². The van der Waals surface area contributed by atoms with E-state index in [0.717, 1.165) is 37.6 Å². The van der Waals surface area contributed by atoms with E-state index < -0.39 is 6.10 Å². The van der Waals surface area contributed by atoms with E-state index in [1.807, 2.05) is 42.7 Å². The van der Waals surface area contributed by atoms with Crippen LogP contribution in [0.5, 0.6) is 0 Å². The van der Waals surface area contributed by atoms with Crippen molar-refractivity contribution in [2.75, 3.05) is 13.1 Å². The number of fused-ring (bicyclic) bond motifs is 1. The Morgan fingerprint density at radius 3 is 2.85 bits per heavy atom. The third kappa shape index (κ3) is 2.76. The van der Waals surface area contributed by atoms with Gasteiger partial charge in [0.2, 0.25) is 0 Å². The van der Waals surface area contributed by atoms with Crippen LogP contribution >= 0.6 is 0 Å². The van der Waals surface area contributed by atoms with Crippen LogP contribution in [0, 0.1) is 5.92 Å². The molecule has 1 aromatic carbocycles. The number of nitrogens with zero attached hydrogens (tertiary/aromatic N) is 3. The molecule has 0 fully saturated rings. The largest absolute Gasteiger partial charge is 0.388 e. The lowest BCUT2D eigenvalue weighted by Crippen LogP contribution is -2.37. The van der Waals surface area contributed by atoms with Crippen LogP contribution in [0.25, 0.3) is 0 Å². The first kappa shape index (κ1) is 13.3. The topological polar surface area (TPSA) is 41.3 Å². The van der Waals surface area contributed by atoms with E-state index in [4.69, 9.17) is 0 Å². The van der Waals surface area contributed by atoms with E-state index in [0.29, 0.717) is 0 Å². The van der Waals surface area contributed by atoms with Gasteiger partial charge in [0.15, 0.2) is 0 Å². The molecule has 3 rings (SSSR count). The zero-order valence-corrected chi connectivity index (χ0v) is 11.8. The molecule has 0 spiro atoms. The number of aliphatic hydroxyl groups excluding tert-OH is 1. The zero-order valence-electron chi connectivity index (χ0n) is 11.8. The minimum Gasteiger partial charge on any atom is -0.388 e. The van der Waals surface area contributed by atoms with Gasteiger partial charge in [0.25, 0.3) is 0 Å². The summed E-state index contributed by atoms with van der Waals surface area (Å²) in [4.78, 5) is 6.75. The molecule has 2 heterocycles. The van der Waals surface area contributed by atoms with Crippen molar-refractivity contribution in [3.63, 3.8) is 0 Å². The van der Waals surface area contributed by atoms with Crippen LogP contribution in [0.2, 0.25) is 0 Å². The molecule has 0 amide bonds. The summed E-state index contributed by atoms with van der Waals surface area (Å²) < 4.78 is 2.20. The van der Waals surface area contributed by atoms with Crippen molar-refractivity contribution in [3.05, 3.63) is 54.1 Å². The van der Waals surface area contributed by atoms with Crippen LogP contribution in [0.15, 0.2) is 42.7 Å². The summed E-state index contributed by atoms with van der Waals surface area (Å²) >= 11 is 0. The summed E-state index contributed by atoms with van der Waals surface area (Å²) in [7, 11) is 0. The van der Waals surface area contributed by atoms with Crippen molar-refractivity contribution in [1.82, 2.24) is 14.5 Å². The highest BCUT2D eigenvalue weighted by atomic mass is 16.3. The summed E-state index contributed by atoms with van der Waals surface area (Å²) in [6, 6.07) is 9.91. The maximum absolute atomic E-state index is 10.4. The second-order valence-electron chi connectivity index (χ2n) is 5.60. The van der Waals surface area contributed by atoms with Crippen molar-refractivity contribution in [2.24, 2.45) is 5.92 Å². The molecular formula is C16H21N3O. The van der Waals surface area contributed by atoms with Gasteiger partial charge in [-0.2, -0.15) is 0 Å². The van der Waals surface area contributed by atoms with Gasteiger partial charge in [-0.3, -0.25) is 4.90 Å². The molecule has 1 aliphatic rings. The summed E-state index contributed by atoms with van der Waals surface area (Å²) in [5.41, 5.74) is 0.999. The highest BCUT2D eigenvalue weighted by Crippen LogP contribution is 2.23. The molecule has 1 N–H and O–H groups in total. The average molecular weight is 271 g/mol. The van der Waals surface area contributed by atoms with Crippen LogP contribution in [0.1, 0.15) is 24.4 Å². The van der Waals surface area contributed by atoms with Gasteiger partial charge in [0, 0.05) is 32.0 Å². The lowest BCUT2D eigenvalue weighted by molar-refractivity contribution is 0.0789. The quantitative estimate of drug-likeness (QED) is 0.925. The number of aromatic nitrogens is 2. The van der Waals surface area contributed by atoms with Gasteiger partial charge in [0.05, 0.1) is 12.6 Å². The second-order valence-corrected chi connectivity index (χ2v) is 5.60. The van der Waals surface area contributed by atoms with Crippen molar-refractivity contribution in [3.8, 4) is 0 Å². The number of imidazole rings is 1. The predicted octanol–water partition coefficient (Wildman–Crippen LogP) is 2.07. The van der Waals surface area contributed by atoms with Crippen molar-refractivity contribution >= 4 is 0 Å². The molecule has 0 radical (unpaired) electrons. The maximum atomic E-state index is 10.4. The van der Waals surface area contributed by atoms with E-state index in [2.05, 4.69) is 21.4 Å². The highest BCUT2D eigenvalue weighted by Gasteiger charge is 2.22. The Hall–Kier alpha value is -1.65. The monoisotopic (exact) mass is 271 g/mol. The van der Waals surface area contributed by atoms with Crippen molar-refractivity contribution in [1.29, 1.82) is 0 Å². The summed E-state index contributed by atoms with van der Waals surface area (Å²) in [5, 5.41) is 10.4. The normalized spacial score (nSPS) is 18.5. The fourth-order valence-electron chi connectivity index (χ4n) is 2.87. The molecule has 0 saturated heterocycles. The van der Waals surface area contributed by atoms with Gasteiger partial charge >= 0.3 is 0 Å². The van der Waals surface area contributed by atoms with Crippen LogP contribution in [-0.2, 0) is 13.1 Å². The Morgan fingerprint density at radius 2 is 2.05 bits per heavy atom. The molecule has 0 aliphatic carbocycles. The smallest absolute Gasteiger partial charge is 0.122 e. The number of hydrogen-bond donors (Lipinski definition) is 1. The molecule has 0 bridgehead atoms. The molecule has 2 atom stereocenters. The van der Waals surface area contributed by atoms with Crippen LogP contribution in [-0.4, -0.2) is 32.6 Å². The minimum atomic E-state index is -0.405. The van der Waals surface area contributed by atoms with E-state index in [-0.39, 0.29) is 5.92 Å². The van der Waals surface area contributed by atoms with E-state index in [9.17, 15) is 5.11 Å².